The minimum atomic E-state index is -0.417. The highest BCUT2D eigenvalue weighted by molar-refractivity contribution is 6.04. The van der Waals surface area contributed by atoms with Gasteiger partial charge in [0.2, 0.25) is 0 Å². The fourth-order valence-corrected chi connectivity index (χ4v) is 4.51. The van der Waals surface area contributed by atoms with Crippen LogP contribution in [0.15, 0.2) is 54.7 Å². The molecule has 3 N–H and O–H groups in total. The largest absolute Gasteiger partial charge is 0.507 e. The predicted octanol–water partition coefficient (Wildman–Crippen LogP) is 4.69. The SMILES string of the molecule is CCNC(=O)n1nc(-c2cc(NC(=O)c3cnc4ccccc4n3)ccc2O)cc1C1CCCC1. The number of fused-ring (bicyclic) bond motifs is 1. The Morgan fingerprint density at radius 3 is 2.63 bits per heavy atom. The standard InChI is InChI=1S/C26H26N6O3/c1-2-27-26(35)32-23(16-7-3-4-8-16)14-21(31-32)18-13-17(11-12-24(18)33)29-25(34)22-15-28-19-9-5-6-10-20(19)30-22/h5-6,9-16,33H,2-4,7-8H2,1H3,(H,27,35)(H,29,34). The quantitative estimate of drug-likeness (QED) is 0.364. The first kappa shape index (κ1) is 22.5. The predicted molar refractivity (Wildman–Crippen MR) is 132 cm³/mol. The van der Waals surface area contributed by atoms with Crippen molar-refractivity contribution < 1.29 is 14.7 Å². The summed E-state index contributed by atoms with van der Waals surface area (Å²) >= 11 is 0. The molecule has 9 heteroatoms. The van der Waals surface area contributed by atoms with Crippen molar-refractivity contribution in [3.8, 4) is 17.0 Å². The number of hydrogen-bond acceptors (Lipinski definition) is 6. The van der Waals surface area contributed by atoms with Crippen molar-refractivity contribution in [2.45, 2.75) is 38.5 Å². The molecule has 0 atom stereocenters. The molecule has 2 aromatic heterocycles. The van der Waals surface area contributed by atoms with Crippen molar-refractivity contribution in [3.05, 3.63) is 66.1 Å². The number of phenolic OH excluding ortho intramolecular Hbond substituents is 1. The Morgan fingerprint density at radius 2 is 1.86 bits per heavy atom. The average molecular weight is 471 g/mol. The number of para-hydroxylation sites is 2. The Balaban J connectivity index is 1.45. The highest BCUT2D eigenvalue weighted by Gasteiger charge is 2.26. The molecule has 9 nitrogen and oxygen atoms in total. The molecule has 178 valence electrons. The Kier molecular flexibility index (Phi) is 6.13. The molecule has 1 fully saturated rings. The summed E-state index contributed by atoms with van der Waals surface area (Å²) < 4.78 is 1.41. The Labute approximate surface area is 202 Å². The van der Waals surface area contributed by atoms with Gasteiger partial charge in [-0.15, -0.1) is 0 Å². The van der Waals surface area contributed by atoms with Gasteiger partial charge in [-0.2, -0.15) is 9.78 Å². The molecule has 2 amide bonds. The molecule has 4 aromatic rings. The van der Waals surface area contributed by atoms with Crippen molar-refractivity contribution in [1.82, 2.24) is 25.1 Å². The lowest BCUT2D eigenvalue weighted by molar-refractivity contribution is 0.102. The van der Waals surface area contributed by atoms with E-state index >= 15 is 0 Å². The minimum Gasteiger partial charge on any atom is -0.507 e. The van der Waals surface area contributed by atoms with E-state index in [1.165, 1.54) is 16.9 Å². The first-order valence-corrected chi connectivity index (χ1v) is 11.8. The lowest BCUT2D eigenvalue weighted by Gasteiger charge is -2.11. The van der Waals surface area contributed by atoms with Gasteiger partial charge < -0.3 is 15.7 Å². The van der Waals surface area contributed by atoms with Gasteiger partial charge in [0.25, 0.3) is 5.91 Å². The normalized spacial score (nSPS) is 13.7. The van der Waals surface area contributed by atoms with Crippen molar-refractivity contribution in [2.24, 2.45) is 0 Å². The molecule has 0 saturated heterocycles. The summed E-state index contributed by atoms with van der Waals surface area (Å²) in [5.74, 6) is -0.165. The summed E-state index contributed by atoms with van der Waals surface area (Å²) in [4.78, 5) is 34.2. The number of carbonyl (C=O) groups excluding carboxylic acids is 2. The number of anilines is 1. The molecule has 0 bridgehead atoms. The molecular formula is C26H26N6O3. The van der Waals surface area contributed by atoms with E-state index in [9.17, 15) is 14.7 Å². The topological polar surface area (TPSA) is 122 Å². The molecule has 2 aromatic carbocycles. The summed E-state index contributed by atoms with van der Waals surface area (Å²) in [6.07, 6.45) is 5.66. The van der Waals surface area contributed by atoms with E-state index in [2.05, 4.69) is 25.7 Å². The maximum Gasteiger partial charge on any atom is 0.342 e. The molecule has 35 heavy (non-hydrogen) atoms. The number of nitrogens with zero attached hydrogens (tertiary/aromatic N) is 4. The van der Waals surface area contributed by atoms with E-state index in [1.807, 2.05) is 31.2 Å². The smallest absolute Gasteiger partial charge is 0.342 e. The number of amides is 2. The molecule has 1 aliphatic carbocycles. The van der Waals surface area contributed by atoms with Crippen LogP contribution in [0.1, 0.15) is 54.7 Å². The average Bonchev–Trinajstić information content (AvgIpc) is 3.55. The number of aromatic nitrogens is 4. The molecule has 1 saturated carbocycles. The lowest BCUT2D eigenvalue weighted by atomic mass is 10.0. The minimum absolute atomic E-state index is 0.00650. The van der Waals surface area contributed by atoms with E-state index in [1.54, 1.807) is 18.2 Å². The van der Waals surface area contributed by atoms with Crippen molar-refractivity contribution >= 4 is 28.7 Å². The van der Waals surface area contributed by atoms with Crippen molar-refractivity contribution in [1.29, 1.82) is 0 Å². The van der Waals surface area contributed by atoms with E-state index in [-0.39, 0.29) is 23.4 Å². The number of nitrogens with one attached hydrogen (secondary N) is 2. The maximum atomic E-state index is 12.8. The third-order valence-electron chi connectivity index (χ3n) is 6.24. The van der Waals surface area contributed by atoms with E-state index in [0.29, 0.717) is 34.5 Å². The van der Waals surface area contributed by atoms with Crippen LogP contribution in [0.3, 0.4) is 0 Å². The molecule has 0 spiro atoms. The number of hydrogen-bond donors (Lipinski definition) is 3. The second-order valence-corrected chi connectivity index (χ2v) is 8.61. The summed E-state index contributed by atoms with van der Waals surface area (Å²) in [5, 5.41) is 20.7. The second kappa shape index (κ2) is 9.54. The van der Waals surface area contributed by atoms with Gasteiger partial charge in [0, 0.05) is 23.7 Å². The first-order chi connectivity index (χ1) is 17.0. The van der Waals surface area contributed by atoms with Crippen molar-refractivity contribution in [2.75, 3.05) is 11.9 Å². The van der Waals surface area contributed by atoms with Crippen LogP contribution >= 0.6 is 0 Å². The fraction of sp³-hybridized carbons (Fsp3) is 0.269. The van der Waals surface area contributed by atoms with Crippen LogP contribution in [0.4, 0.5) is 10.5 Å². The summed E-state index contributed by atoms with van der Waals surface area (Å²) in [6, 6.07) is 13.6. The summed E-state index contributed by atoms with van der Waals surface area (Å²) in [6.45, 7) is 2.35. The Hall–Kier alpha value is -4.27. The highest BCUT2D eigenvalue weighted by Crippen LogP contribution is 2.38. The van der Waals surface area contributed by atoms with Gasteiger partial charge in [0.1, 0.15) is 11.4 Å². The monoisotopic (exact) mass is 470 g/mol. The van der Waals surface area contributed by atoms with Gasteiger partial charge in [0.15, 0.2) is 0 Å². The zero-order chi connectivity index (χ0) is 24.4. The number of benzene rings is 2. The van der Waals surface area contributed by atoms with E-state index in [0.717, 1.165) is 31.4 Å². The second-order valence-electron chi connectivity index (χ2n) is 8.61. The molecule has 0 unspecified atom stereocenters. The zero-order valence-electron chi connectivity index (χ0n) is 19.4. The summed E-state index contributed by atoms with van der Waals surface area (Å²) in [5.41, 5.74) is 3.71. The number of phenols is 1. The fourth-order valence-electron chi connectivity index (χ4n) is 4.51. The van der Waals surface area contributed by atoms with Crippen LogP contribution in [0.5, 0.6) is 5.75 Å². The van der Waals surface area contributed by atoms with E-state index < -0.39 is 5.91 Å². The number of rotatable bonds is 5. The van der Waals surface area contributed by atoms with Gasteiger partial charge in [0.05, 0.1) is 28.6 Å². The van der Waals surface area contributed by atoms with Crippen LogP contribution in [-0.4, -0.2) is 43.3 Å². The highest BCUT2D eigenvalue weighted by atomic mass is 16.3. The van der Waals surface area contributed by atoms with Gasteiger partial charge in [-0.3, -0.25) is 9.78 Å². The number of aromatic hydroxyl groups is 1. The number of carbonyl (C=O) groups is 2. The van der Waals surface area contributed by atoms with Gasteiger partial charge in [-0.25, -0.2) is 9.78 Å². The molecule has 0 radical (unpaired) electrons. The Morgan fingerprint density at radius 1 is 1.09 bits per heavy atom. The van der Waals surface area contributed by atoms with Crippen LogP contribution in [-0.2, 0) is 0 Å². The Bertz CT molecular complexity index is 1410. The zero-order valence-corrected chi connectivity index (χ0v) is 19.4. The summed E-state index contributed by atoms with van der Waals surface area (Å²) in [7, 11) is 0. The lowest BCUT2D eigenvalue weighted by Crippen LogP contribution is -2.30. The van der Waals surface area contributed by atoms with Gasteiger partial charge in [-0.05, 0) is 56.2 Å². The van der Waals surface area contributed by atoms with Crippen molar-refractivity contribution in [3.63, 3.8) is 0 Å². The third kappa shape index (κ3) is 4.57. The van der Waals surface area contributed by atoms with Crippen LogP contribution in [0.25, 0.3) is 22.3 Å². The third-order valence-corrected chi connectivity index (χ3v) is 6.24. The molecule has 1 aliphatic rings. The van der Waals surface area contributed by atoms with Crippen LogP contribution in [0, 0.1) is 0 Å². The van der Waals surface area contributed by atoms with Gasteiger partial charge in [-0.1, -0.05) is 25.0 Å². The van der Waals surface area contributed by atoms with Gasteiger partial charge >= 0.3 is 6.03 Å². The molecular weight excluding hydrogens is 444 g/mol. The van der Waals surface area contributed by atoms with E-state index in [4.69, 9.17) is 0 Å². The first-order valence-electron chi connectivity index (χ1n) is 11.8. The molecule has 0 aliphatic heterocycles. The van der Waals surface area contributed by atoms with Crippen LogP contribution in [0.2, 0.25) is 0 Å². The maximum absolute atomic E-state index is 12.8. The molecule has 2 heterocycles. The van der Waals surface area contributed by atoms with Crippen LogP contribution < -0.4 is 10.6 Å². The molecule has 5 rings (SSSR count).